The fourth-order valence-electron chi connectivity index (χ4n) is 1.19. The fourth-order valence-corrected chi connectivity index (χ4v) is 1.19. The zero-order chi connectivity index (χ0) is 9.28. The van der Waals surface area contributed by atoms with Crippen molar-refractivity contribution in [1.82, 2.24) is 0 Å². The number of methoxy groups -OCH3 is 1. The molecule has 1 atom stereocenters. The second-order valence-electron chi connectivity index (χ2n) is 4.02. The van der Waals surface area contributed by atoms with Crippen molar-refractivity contribution in [2.75, 3.05) is 7.11 Å². The minimum absolute atomic E-state index is 0.299. The summed E-state index contributed by atoms with van der Waals surface area (Å²) in [6.45, 7) is 9.56. The maximum absolute atomic E-state index is 9.78. The first-order valence-corrected chi connectivity index (χ1v) is 4.03. The van der Waals surface area contributed by atoms with Crippen LogP contribution < -0.4 is 0 Å². The minimum Gasteiger partial charge on any atom is -0.387 e. The van der Waals surface area contributed by atoms with E-state index in [0.717, 1.165) is 0 Å². The topological polar surface area (TPSA) is 29.5 Å². The summed E-state index contributed by atoms with van der Waals surface area (Å²) < 4.78 is 5.31. The van der Waals surface area contributed by atoms with Gasteiger partial charge in [0.15, 0.2) is 0 Å². The molecule has 0 aliphatic rings. The van der Waals surface area contributed by atoms with Gasteiger partial charge < -0.3 is 9.84 Å². The maximum atomic E-state index is 9.78. The molecule has 68 valence electrons. The Labute approximate surface area is 69.6 Å². The summed E-state index contributed by atoms with van der Waals surface area (Å²) in [5.74, 6) is 0.299. The summed E-state index contributed by atoms with van der Waals surface area (Å²) in [6, 6.07) is 0. The molecule has 1 unspecified atom stereocenters. The highest BCUT2D eigenvalue weighted by Gasteiger charge is 2.42. The van der Waals surface area contributed by atoms with E-state index in [-0.39, 0.29) is 0 Å². The predicted octanol–water partition coefficient (Wildman–Crippen LogP) is 1.82. The molecule has 0 radical (unpaired) electrons. The van der Waals surface area contributed by atoms with Crippen LogP contribution in [0.1, 0.15) is 34.6 Å². The molecule has 0 aromatic heterocycles. The zero-order valence-electron chi connectivity index (χ0n) is 8.43. The van der Waals surface area contributed by atoms with E-state index >= 15 is 0 Å². The fraction of sp³-hybridized carbons (Fsp3) is 1.00. The summed E-state index contributed by atoms with van der Waals surface area (Å²) in [6.07, 6.45) is 0. The normalized spacial score (nSPS) is 18.5. The lowest BCUT2D eigenvalue weighted by molar-refractivity contribution is -0.165. The predicted molar refractivity (Wildman–Crippen MR) is 46.5 cm³/mol. The molecule has 0 aromatic carbocycles. The second kappa shape index (κ2) is 3.11. The Bertz CT molecular complexity index is 124. The Kier molecular flexibility index (Phi) is 3.09. The van der Waals surface area contributed by atoms with Crippen molar-refractivity contribution in [3.05, 3.63) is 0 Å². The van der Waals surface area contributed by atoms with Gasteiger partial charge in [0.2, 0.25) is 0 Å². The van der Waals surface area contributed by atoms with E-state index in [1.807, 2.05) is 20.8 Å². The van der Waals surface area contributed by atoms with Crippen molar-refractivity contribution in [2.45, 2.75) is 45.8 Å². The minimum atomic E-state index is -0.796. The van der Waals surface area contributed by atoms with E-state index in [1.165, 1.54) is 0 Å². The molecule has 0 aromatic rings. The number of ether oxygens (including phenoxy) is 1. The van der Waals surface area contributed by atoms with Crippen LogP contribution in [0.15, 0.2) is 0 Å². The van der Waals surface area contributed by atoms with Crippen molar-refractivity contribution in [3.63, 3.8) is 0 Å². The van der Waals surface area contributed by atoms with E-state index in [9.17, 15) is 5.11 Å². The van der Waals surface area contributed by atoms with Gasteiger partial charge in [-0.2, -0.15) is 0 Å². The Morgan fingerprint density at radius 1 is 1.18 bits per heavy atom. The molecular formula is C9H20O2. The van der Waals surface area contributed by atoms with Crippen molar-refractivity contribution < 1.29 is 9.84 Å². The molecule has 0 fully saturated rings. The molecule has 0 aliphatic carbocycles. The summed E-state index contributed by atoms with van der Waals surface area (Å²) in [5, 5.41) is 9.78. The number of aliphatic hydroxyl groups is 1. The van der Waals surface area contributed by atoms with Crippen LogP contribution in [0.3, 0.4) is 0 Å². The van der Waals surface area contributed by atoms with Gasteiger partial charge in [0.1, 0.15) is 0 Å². The summed E-state index contributed by atoms with van der Waals surface area (Å²) in [5.41, 5.74) is -1.26. The Morgan fingerprint density at radius 3 is 1.55 bits per heavy atom. The highest BCUT2D eigenvalue weighted by atomic mass is 16.5. The van der Waals surface area contributed by atoms with Crippen LogP contribution in [0.5, 0.6) is 0 Å². The molecule has 0 aliphatic heterocycles. The molecule has 1 N–H and O–H groups in total. The second-order valence-corrected chi connectivity index (χ2v) is 4.02. The van der Waals surface area contributed by atoms with E-state index in [0.29, 0.717) is 5.92 Å². The average molecular weight is 160 g/mol. The van der Waals surface area contributed by atoms with Gasteiger partial charge in [0, 0.05) is 7.11 Å². The van der Waals surface area contributed by atoms with Crippen molar-refractivity contribution in [1.29, 1.82) is 0 Å². The Balaban J connectivity index is 4.61. The van der Waals surface area contributed by atoms with Gasteiger partial charge in [-0.3, -0.25) is 0 Å². The Hall–Kier alpha value is -0.0800. The van der Waals surface area contributed by atoms with Gasteiger partial charge >= 0.3 is 0 Å². The molecule has 11 heavy (non-hydrogen) atoms. The largest absolute Gasteiger partial charge is 0.387 e. The van der Waals surface area contributed by atoms with E-state index < -0.39 is 11.2 Å². The third-order valence-corrected chi connectivity index (χ3v) is 2.74. The average Bonchev–Trinajstić information content (AvgIpc) is 1.83. The maximum Gasteiger partial charge on any atom is 0.0953 e. The highest BCUT2D eigenvalue weighted by molar-refractivity contribution is 4.93. The van der Waals surface area contributed by atoms with Gasteiger partial charge in [-0.25, -0.2) is 0 Å². The van der Waals surface area contributed by atoms with Crippen LogP contribution in [-0.4, -0.2) is 23.4 Å². The third-order valence-electron chi connectivity index (χ3n) is 2.74. The van der Waals surface area contributed by atoms with Crippen LogP contribution >= 0.6 is 0 Å². The van der Waals surface area contributed by atoms with E-state index in [2.05, 4.69) is 0 Å². The lowest BCUT2D eigenvalue weighted by Gasteiger charge is -2.42. The standard InChI is InChI=1S/C9H20O2/c1-7(2)9(5,11-6)8(3,4)10/h7,10H,1-6H3. The van der Waals surface area contributed by atoms with Gasteiger partial charge in [-0.05, 0) is 26.7 Å². The van der Waals surface area contributed by atoms with Crippen molar-refractivity contribution in [2.24, 2.45) is 5.92 Å². The number of rotatable bonds is 3. The van der Waals surface area contributed by atoms with Crippen LogP contribution in [0.25, 0.3) is 0 Å². The quantitative estimate of drug-likeness (QED) is 0.682. The third kappa shape index (κ3) is 1.94. The van der Waals surface area contributed by atoms with Crippen LogP contribution in [0, 0.1) is 5.92 Å². The monoisotopic (exact) mass is 160 g/mol. The molecule has 0 amide bonds. The summed E-state index contributed by atoms with van der Waals surface area (Å²) in [7, 11) is 1.64. The van der Waals surface area contributed by atoms with E-state index in [4.69, 9.17) is 4.74 Å². The van der Waals surface area contributed by atoms with Gasteiger partial charge in [0.25, 0.3) is 0 Å². The van der Waals surface area contributed by atoms with Gasteiger partial charge in [-0.1, -0.05) is 13.8 Å². The lowest BCUT2D eigenvalue weighted by atomic mass is 9.78. The number of hydrogen-bond donors (Lipinski definition) is 1. The molecule has 0 rings (SSSR count). The zero-order valence-corrected chi connectivity index (χ0v) is 8.43. The van der Waals surface area contributed by atoms with Crippen LogP contribution in [0.4, 0.5) is 0 Å². The van der Waals surface area contributed by atoms with Crippen molar-refractivity contribution >= 4 is 0 Å². The first kappa shape index (κ1) is 10.9. The molecule has 2 heteroatoms. The van der Waals surface area contributed by atoms with Gasteiger partial charge in [-0.15, -0.1) is 0 Å². The smallest absolute Gasteiger partial charge is 0.0953 e. The molecule has 0 saturated carbocycles. The van der Waals surface area contributed by atoms with Gasteiger partial charge in [0.05, 0.1) is 11.2 Å². The van der Waals surface area contributed by atoms with Crippen LogP contribution in [0.2, 0.25) is 0 Å². The highest BCUT2D eigenvalue weighted by Crippen LogP contribution is 2.32. The first-order valence-electron chi connectivity index (χ1n) is 4.03. The summed E-state index contributed by atoms with van der Waals surface area (Å²) in [4.78, 5) is 0. The SMILES string of the molecule is COC(C)(C(C)C)C(C)(C)O. The molecule has 2 nitrogen and oxygen atoms in total. The molecular weight excluding hydrogens is 140 g/mol. The van der Waals surface area contributed by atoms with Crippen LogP contribution in [-0.2, 0) is 4.74 Å². The Morgan fingerprint density at radius 2 is 1.55 bits per heavy atom. The lowest BCUT2D eigenvalue weighted by Crippen LogP contribution is -2.52. The first-order chi connectivity index (χ1) is 4.75. The van der Waals surface area contributed by atoms with E-state index in [1.54, 1.807) is 21.0 Å². The van der Waals surface area contributed by atoms with Crippen molar-refractivity contribution in [3.8, 4) is 0 Å². The molecule has 0 saturated heterocycles. The molecule has 0 spiro atoms. The molecule has 0 heterocycles. The molecule has 0 bridgehead atoms. The number of hydrogen-bond acceptors (Lipinski definition) is 2. The summed E-state index contributed by atoms with van der Waals surface area (Å²) >= 11 is 0.